The number of nitrogens with one attached hydrogen (secondary N) is 1. The van der Waals surface area contributed by atoms with Crippen LogP contribution in [0.4, 0.5) is 0 Å². The predicted octanol–water partition coefficient (Wildman–Crippen LogP) is 2.27. The third kappa shape index (κ3) is 3.80. The van der Waals surface area contributed by atoms with Gasteiger partial charge >= 0.3 is 5.69 Å². The van der Waals surface area contributed by atoms with Crippen molar-refractivity contribution >= 4 is 27.5 Å². The number of morpholine rings is 1. The highest BCUT2D eigenvalue weighted by molar-refractivity contribution is 7.21. The van der Waals surface area contributed by atoms with Crippen molar-refractivity contribution in [2.45, 2.75) is 0 Å². The summed E-state index contributed by atoms with van der Waals surface area (Å²) in [5.74, 6) is 0.00939. The maximum atomic E-state index is 12.6. The van der Waals surface area contributed by atoms with Gasteiger partial charge in [0.15, 0.2) is 0 Å². The molecular weight excluding hydrogens is 416 g/mol. The van der Waals surface area contributed by atoms with E-state index in [0.717, 1.165) is 20.8 Å². The molecule has 2 aromatic carbocycles. The number of fused-ring (bicyclic) bond motifs is 1. The fraction of sp³-hybridized carbons (Fsp3) is 0.182. The zero-order valence-corrected chi connectivity index (χ0v) is 17.2. The SMILES string of the molecule is O=C(c1ccc(-c2nc3ccc(-n4ccc(=O)[nH]c4=O)cc3s2)cc1)N1CCOCC1. The molecule has 0 spiro atoms. The Morgan fingerprint density at radius 2 is 1.81 bits per heavy atom. The Morgan fingerprint density at radius 3 is 2.55 bits per heavy atom. The van der Waals surface area contributed by atoms with Gasteiger partial charge in [0.05, 0.1) is 29.1 Å². The zero-order chi connectivity index (χ0) is 21.4. The van der Waals surface area contributed by atoms with Gasteiger partial charge in [0.25, 0.3) is 11.5 Å². The predicted molar refractivity (Wildman–Crippen MR) is 118 cm³/mol. The first-order valence-corrected chi connectivity index (χ1v) is 10.6. The van der Waals surface area contributed by atoms with Crippen LogP contribution in [0.15, 0.2) is 64.3 Å². The van der Waals surface area contributed by atoms with Crippen LogP contribution in [0.25, 0.3) is 26.5 Å². The van der Waals surface area contributed by atoms with Crippen LogP contribution in [0.2, 0.25) is 0 Å². The van der Waals surface area contributed by atoms with E-state index in [0.29, 0.717) is 37.6 Å². The molecule has 5 rings (SSSR count). The number of thiazole rings is 1. The molecule has 0 bridgehead atoms. The lowest BCUT2D eigenvalue weighted by molar-refractivity contribution is 0.0303. The van der Waals surface area contributed by atoms with Crippen LogP contribution in [0, 0.1) is 0 Å². The number of amides is 1. The summed E-state index contributed by atoms with van der Waals surface area (Å²) in [6.45, 7) is 2.36. The van der Waals surface area contributed by atoms with E-state index in [9.17, 15) is 14.4 Å². The van der Waals surface area contributed by atoms with Crippen molar-refractivity contribution in [3.63, 3.8) is 0 Å². The Bertz CT molecular complexity index is 1380. The summed E-state index contributed by atoms with van der Waals surface area (Å²) in [6, 6.07) is 14.3. The molecule has 9 heteroatoms. The van der Waals surface area contributed by atoms with Gasteiger partial charge in [0.1, 0.15) is 5.01 Å². The summed E-state index contributed by atoms with van der Waals surface area (Å²) in [5.41, 5.74) is 2.11. The number of carbonyl (C=O) groups excluding carboxylic acids is 1. The lowest BCUT2D eigenvalue weighted by Crippen LogP contribution is -2.40. The van der Waals surface area contributed by atoms with Crippen LogP contribution in [0.1, 0.15) is 10.4 Å². The van der Waals surface area contributed by atoms with Crippen molar-refractivity contribution in [3.05, 3.63) is 81.1 Å². The second-order valence-electron chi connectivity index (χ2n) is 7.13. The lowest BCUT2D eigenvalue weighted by Gasteiger charge is -2.26. The van der Waals surface area contributed by atoms with Crippen molar-refractivity contribution in [2.24, 2.45) is 0 Å². The molecule has 2 aromatic heterocycles. The lowest BCUT2D eigenvalue weighted by atomic mass is 10.1. The average Bonchev–Trinajstić information content (AvgIpc) is 3.23. The second-order valence-corrected chi connectivity index (χ2v) is 8.16. The number of ether oxygens (including phenoxy) is 1. The van der Waals surface area contributed by atoms with Gasteiger partial charge in [0, 0.05) is 36.5 Å². The third-order valence-corrected chi connectivity index (χ3v) is 6.22. The van der Waals surface area contributed by atoms with Gasteiger partial charge in [-0.1, -0.05) is 12.1 Å². The molecule has 1 aliphatic heterocycles. The van der Waals surface area contributed by atoms with E-state index in [1.807, 2.05) is 36.4 Å². The number of aromatic amines is 1. The van der Waals surface area contributed by atoms with Crippen LogP contribution in [-0.4, -0.2) is 51.6 Å². The summed E-state index contributed by atoms with van der Waals surface area (Å²) >= 11 is 1.50. The quantitative estimate of drug-likeness (QED) is 0.534. The largest absolute Gasteiger partial charge is 0.378 e. The minimum absolute atomic E-state index is 0.00939. The third-order valence-electron chi connectivity index (χ3n) is 5.15. The van der Waals surface area contributed by atoms with Crippen LogP contribution < -0.4 is 11.2 Å². The molecule has 156 valence electrons. The monoisotopic (exact) mass is 434 g/mol. The number of hydrogen-bond donors (Lipinski definition) is 1. The fourth-order valence-corrected chi connectivity index (χ4v) is 4.52. The maximum Gasteiger partial charge on any atom is 0.332 e. The Hall–Kier alpha value is -3.56. The first kappa shape index (κ1) is 19.4. The summed E-state index contributed by atoms with van der Waals surface area (Å²) in [6.07, 6.45) is 1.45. The van der Waals surface area contributed by atoms with Crippen molar-refractivity contribution in [3.8, 4) is 16.3 Å². The summed E-state index contributed by atoms with van der Waals surface area (Å²) in [4.78, 5) is 44.7. The standard InChI is InChI=1S/C22H18N4O4S/c27-19-7-8-26(22(29)24-19)16-5-6-17-18(13-16)31-20(23-17)14-1-3-15(4-2-14)21(28)25-9-11-30-12-10-25/h1-8,13H,9-12H2,(H,24,27,29). The molecule has 1 N–H and O–H groups in total. The molecule has 31 heavy (non-hydrogen) atoms. The molecule has 1 aliphatic rings. The minimum atomic E-state index is -0.489. The first-order chi connectivity index (χ1) is 15.1. The summed E-state index contributed by atoms with van der Waals surface area (Å²) in [7, 11) is 0. The molecule has 0 aliphatic carbocycles. The van der Waals surface area contributed by atoms with E-state index in [2.05, 4.69) is 9.97 Å². The normalized spacial score (nSPS) is 14.1. The van der Waals surface area contributed by atoms with Gasteiger partial charge in [0.2, 0.25) is 0 Å². The Kier molecular flexibility index (Phi) is 4.97. The zero-order valence-electron chi connectivity index (χ0n) is 16.4. The maximum absolute atomic E-state index is 12.6. The topological polar surface area (TPSA) is 97.3 Å². The van der Waals surface area contributed by atoms with Crippen LogP contribution in [0.3, 0.4) is 0 Å². The van der Waals surface area contributed by atoms with Crippen molar-refractivity contribution < 1.29 is 9.53 Å². The minimum Gasteiger partial charge on any atom is -0.378 e. The van der Waals surface area contributed by atoms with Crippen molar-refractivity contribution in [1.29, 1.82) is 0 Å². The Labute approximate surface area is 180 Å². The highest BCUT2D eigenvalue weighted by Crippen LogP contribution is 2.31. The Balaban J connectivity index is 1.43. The molecule has 0 unspecified atom stereocenters. The van der Waals surface area contributed by atoms with E-state index in [1.165, 1.54) is 28.2 Å². The summed E-state index contributed by atoms with van der Waals surface area (Å²) in [5, 5.41) is 0.825. The number of nitrogens with zero attached hydrogens (tertiary/aromatic N) is 3. The molecule has 3 heterocycles. The van der Waals surface area contributed by atoms with E-state index >= 15 is 0 Å². The number of rotatable bonds is 3. The molecular formula is C22H18N4O4S. The fourth-order valence-electron chi connectivity index (χ4n) is 3.51. The van der Waals surface area contributed by atoms with Crippen molar-refractivity contribution in [2.75, 3.05) is 26.3 Å². The van der Waals surface area contributed by atoms with E-state index in [1.54, 1.807) is 11.0 Å². The highest BCUT2D eigenvalue weighted by atomic mass is 32.1. The van der Waals surface area contributed by atoms with Gasteiger partial charge < -0.3 is 9.64 Å². The van der Waals surface area contributed by atoms with Crippen LogP contribution in [0.5, 0.6) is 0 Å². The molecule has 1 amide bonds. The second kappa shape index (κ2) is 7.93. The molecule has 0 saturated carbocycles. The summed E-state index contributed by atoms with van der Waals surface area (Å²) < 4.78 is 7.60. The molecule has 4 aromatic rings. The molecule has 0 atom stereocenters. The Morgan fingerprint density at radius 1 is 1.03 bits per heavy atom. The molecule has 1 saturated heterocycles. The van der Waals surface area contributed by atoms with Gasteiger partial charge in [-0.05, 0) is 30.3 Å². The van der Waals surface area contributed by atoms with Crippen LogP contribution >= 0.6 is 11.3 Å². The van der Waals surface area contributed by atoms with Crippen LogP contribution in [-0.2, 0) is 4.74 Å². The van der Waals surface area contributed by atoms with Gasteiger partial charge in [-0.2, -0.15) is 0 Å². The van der Waals surface area contributed by atoms with E-state index in [4.69, 9.17) is 4.74 Å². The molecule has 0 radical (unpaired) electrons. The van der Waals surface area contributed by atoms with Gasteiger partial charge in [-0.15, -0.1) is 11.3 Å². The van der Waals surface area contributed by atoms with E-state index < -0.39 is 11.2 Å². The highest BCUT2D eigenvalue weighted by Gasteiger charge is 2.18. The number of hydrogen-bond acceptors (Lipinski definition) is 6. The number of H-pyrrole nitrogens is 1. The number of aromatic nitrogens is 3. The molecule has 8 nitrogen and oxygen atoms in total. The number of carbonyl (C=O) groups is 1. The average molecular weight is 434 g/mol. The van der Waals surface area contributed by atoms with Crippen molar-refractivity contribution in [1.82, 2.24) is 19.4 Å². The smallest absolute Gasteiger partial charge is 0.332 e. The van der Waals surface area contributed by atoms with E-state index in [-0.39, 0.29) is 5.91 Å². The first-order valence-electron chi connectivity index (χ1n) is 9.79. The van der Waals surface area contributed by atoms with Gasteiger partial charge in [-0.25, -0.2) is 9.78 Å². The molecule has 1 fully saturated rings. The number of benzene rings is 2. The van der Waals surface area contributed by atoms with Gasteiger partial charge in [-0.3, -0.25) is 19.1 Å².